The molecule has 0 aliphatic carbocycles. The van der Waals surface area contributed by atoms with E-state index in [-0.39, 0.29) is 24.3 Å². The number of aryl methyl sites for hydroxylation is 1. The standard InChI is InChI=1S/C20H19Cl2N3O3/c1-12-6-16(22)7-23-19(12)25-9-17(26)24(8-13-2-4-15(21)5-3-13)18(20(25)27)14-10-28-11-14/h2-7,14,18H,8-11H2,1H3/t18-/m0/s1. The first kappa shape index (κ1) is 19.2. The van der Waals surface area contributed by atoms with Gasteiger partial charge in [-0.3, -0.25) is 14.5 Å². The molecule has 1 aromatic carbocycles. The first-order chi connectivity index (χ1) is 13.4. The van der Waals surface area contributed by atoms with Gasteiger partial charge in [0.25, 0.3) is 5.91 Å². The number of pyridine rings is 1. The Morgan fingerprint density at radius 3 is 2.46 bits per heavy atom. The second-order valence-electron chi connectivity index (χ2n) is 7.11. The number of carbonyl (C=O) groups is 2. The van der Waals surface area contributed by atoms with Gasteiger partial charge < -0.3 is 9.64 Å². The summed E-state index contributed by atoms with van der Waals surface area (Å²) in [4.78, 5) is 33.8. The molecule has 2 aliphatic rings. The van der Waals surface area contributed by atoms with Gasteiger partial charge in [-0.25, -0.2) is 4.98 Å². The minimum Gasteiger partial charge on any atom is -0.380 e. The molecule has 2 aliphatic heterocycles. The van der Waals surface area contributed by atoms with Gasteiger partial charge in [0, 0.05) is 23.7 Å². The van der Waals surface area contributed by atoms with E-state index in [1.54, 1.807) is 23.1 Å². The maximum atomic E-state index is 13.4. The molecule has 0 unspecified atom stereocenters. The van der Waals surface area contributed by atoms with Crippen LogP contribution in [0.1, 0.15) is 11.1 Å². The summed E-state index contributed by atoms with van der Waals surface area (Å²) in [6.45, 7) is 3.05. The first-order valence-electron chi connectivity index (χ1n) is 8.99. The maximum Gasteiger partial charge on any atom is 0.251 e. The number of aromatic nitrogens is 1. The zero-order valence-electron chi connectivity index (χ0n) is 15.3. The molecule has 2 fully saturated rings. The number of hydrogen-bond donors (Lipinski definition) is 0. The Kier molecular flexibility index (Phi) is 5.27. The second kappa shape index (κ2) is 7.70. The highest BCUT2D eigenvalue weighted by atomic mass is 35.5. The molecule has 2 aromatic rings. The normalized spacial score (nSPS) is 20.5. The van der Waals surface area contributed by atoms with E-state index in [0.717, 1.165) is 11.1 Å². The van der Waals surface area contributed by atoms with Crippen molar-refractivity contribution >= 4 is 40.8 Å². The molecule has 0 radical (unpaired) electrons. The molecule has 0 bridgehead atoms. The number of halogens is 2. The molecule has 3 heterocycles. The van der Waals surface area contributed by atoms with Crippen molar-refractivity contribution in [3.05, 3.63) is 57.7 Å². The smallest absolute Gasteiger partial charge is 0.251 e. The third-order valence-electron chi connectivity index (χ3n) is 5.12. The Morgan fingerprint density at radius 1 is 1.14 bits per heavy atom. The molecule has 4 rings (SSSR count). The summed E-state index contributed by atoms with van der Waals surface area (Å²) < 4.78 is 5.31. The van der Waals surface area contributed by atoms with Crippen LogP contribution in [0.3, 0.4) is 0 Å². The van der Waals surface area contributed by atoms with Gasteiger partial charge in [-0.15, -0.1) is 0 Å². The van der Waals surface area contributed by atoms with Crippen LogP contribution in [0.15, 0.2) is 36.5 Å². The number of rotatable bonds is 4. The highest BCUT2D eigenvalue weighted by Crippen LogP contribution is 2.30. The van der Waals surface area contributed by atoms with Crippen molar-refractivity contribution in [3.63, 3.8) is 0 Å². The van der Waals surface area contributed by atoms with E-state index >= 15 is 0 Å². The molecule has 28 heavy (non-hydrogen) atoms. The Labute approximate surface area is 173 Å². The van der Waals surface area contributed by atoms with Crippen molar-refractivity contribution in [2.24, 2.45) is 5.92 Å². The van der Waals surface area contributed by atoms with Crippen molar-refractivity contribution in [1.82, 2.24) is 9.88 Å². The number of piperazine rings is 1. The molecule has 0 saturated carbocycles. The van der Waals surface area contributed by atoms with Crippen LogP contribution in [0.5, 0.6) is 0 Å². The van der Waals surface area contributed by atoms with Crippen LogP contribution in [-0.2, 0) is 20.9 Å². The van der Waals surface area contributed by atoms with Crippen LogP contribution in [0, 0.1) is 12.8 Å². The van der Waals surface area contributed by atoms with Crippen molar-refractivity contribution in [3.8, 4) is 0 Å². The summed E-state index contributed by atoms with van der Waals surface area (Å²) in [7, 11) is 0. The summed E-state index contributed by atoms with van der Waals surface area (Å²) >= 11 is 11.9. The quantitative estimate of drug-likeness (QED) is 0.763. The van der Waals surface area contributed by atoms with Gasteiger partial charge in [-0.2, -0.15) is 0 Å². The lowest BCUT2D eigenvalue weighted by Gasteiger charge is -2.45. The largest absolute Gasteiger partial charge is 0.380 e. The number of hydrogen-bond acceptors (Lipinski definition) is 4. The lowest BCUT2D eigenvalue weighted by molar-refractivity contribution is -0.155. The number of nitrogens with zero attached hydrogens (tertiary/aromatic N) is 3. The molecule has 1 aromatic heterocycles. The van der Waals surface area contributed by atoms with Crippen LogP contribution < -0.4 is 4.90 Å². The van der Waals surface area contributed by atoms with E-state index in [1.807, 2.05) is 19.1 Å². The maximum absolute atomic E-state index is 13.4. The highest BCUT2D eigenvalue weighted by molar-refractivity contribution is 6.30. The Morgan fingerprint density at radius 2 is 1.86 bits per heavy atom. The Hall–Kier alpha value is -2.15. The molecule has 1 atom stereocenters. The fraction of sp³-hybridized carbons (Fsp3) is 0.350. The van der Waals surface area contributed by atoms with Crippen LogP contribution >= 0.6 is 23.2 Å². The zero-order valence-corrected chi connectivity index (χ0v) is 16.8. The summed E-state index contributed by atoms with van der Waals surface area (Å²) in [5.74, 6) is 0.181. The van der Waals surface area contributed by atoms with Gasteiger partial charge in [0.1, 0.15) is 18.4 Å². The van der Waals surface area contributed by atoms with Gasteiger partial charge in [0.2, 0.25) is 5.91 Å². The van der Waals surface area contributed by atoms with Gasteiger partial charge in [0.05, 0.1) is 18.2 Å². The van der Waals surface area contributed by atoms with E-state index in [9.17, 15) is 9.59 Å². The summed E-state index contributed by atoms with van der Waals surface area (Å²) in [5, 5.41) is 1.12. The van der Waals surface area contributed by atoms with E-state index in [4.69, 9.17) is 27.9 Å². The second-order valence-corrected chi connectivity index (χ2v) is 7.98. The highest BCUT2D eigenvalue weighted by Gasteiger charge is 2.47. The third kappa shape index (κ3) is 3.60. The molecule has 6 nitrogen and oxygen atoms in total. The van der Waals surface area contributed by atoms with Gasteiger partial charge in [-0.05, 0) is 36.2 Å². The van der Waals surface area contributed by atoms with Gasteiger partial charge in [-0.1, -0.05) is 35.3 Å². The summed E-state index contributed by atoms with van der Waals surface area (Å²) in [6.07, 6.45) is 1.49. The van der Waals surface area contributed by atoms with E-state index < -0.39 is 6.04 Å². The lowest BCUT2D eigenvalue weighted by Crippen LogP contribution is -2.65. The molecular weight excluding hydrogens is 401 g/mol. The average molecular weight is 420 g/mol. The molecule has 2 amide bonds. The van der Waals surface area contributed by atoms with Gasteiger partial charge >= 0.3 is 0 Å². The molecule has 146 valence electrons. The summed E-state index contributed by atoms with van der Waals surface area (Å²) in [6, 6.07) is 8.45. The molecular formula is C20H19Cl2N3O3. The SMILES string of the molecule is Cc1cc(Cl)cnc1N1CC(=O)N(Cc2ccc(Cl)cc2)[C@@H](C2COC2)C1=O. The summed E-state index contributed by atoms with van der Waals surface area (Å²) in [5.41, 5.74) is 1.67. The number of anilines is 1. The van der Waals surface area contributed by atoms with Crippen LogP contribution in [0.2, 0.25) is 10.0 Å². The molecule has 0 spiro atoms. The van der Waals surface area contributed by atoms with Crippen molar-refractivity contribution in [2.45, 2.75) is 19.5 Å². The monoisotopic (exact) mass is 419 g/mol. The minimum absolute atomic E-state index is 0.0286. The third-order valence-corrected chi connectivity index (χ3v) is 5.58. The molecule has 0 N–H and O–H groups in total. The van der Waals surface area contributed by atoms with E-state index in [1.165, 1.54) is 11.1 Å². The van der Waals surface area contributed by atoms with Crippen molar-refractivity contribution < 1.29 is 14.3 Å². The fourth-order valence-electron chi connectivity index (χ4n) is 3.61. The number of benzene rings is 1. The van der Waals surface area contributed by atoms with Gasteiger partial charge in [0.15, 0.2) is 0 Å². The van der Waals surface area contributed by atoms with E-state index in [2.05, 4.69) is 4.98 Å². The lowest BCUT2D eigenvalue weighted by atomic mass is 9.92. The van der Waals surface area contributed by atoms with Crippen molar-refractivity contribution in [1.29, 1.82) is 0 Å². The zero-order chi connectivity index (χ0) is 19.8. The van der Waals surface area contributed by atoms with Crippen LogP contribution in [0.4, 0.5) is 5.82 Å². The minimum atomic E-state index is -0.581. The predicted molar refractivity (Wildman–Crippen MR) is 106 cm³/mol. The average Bonchev–Trinajstić information content (AvgIpc) is 2.61. The van der Waals surface area contributed by atoms with Crippen molar-refractivity contribution in [2.75, 3.05) is 24.7 Å². The molecule has 2 saturated heterocycles. The van der Waals surface area contributed by atoms with E-state index in [0.29, 0.717) is 35.6 Å². The number of ether oxygens (including phenoxy) is 1. The Balaban J connectivity index is 1.65. The van der Waals surface area contributed by atoms with Crippen LogP contribution in [-0.4, -0.2) is 47.5 Å². The van der Waals surface area contributed by atoms with Crippen LogP contribution in [0.25, 0.3) is 0 Å². The number of amides is 2. The fourth-order valence-corrected chi connectivity index (χ4v) is 3.95. The Bertz CT molecular complexity index is 915. The first-order valence-corrected chi connectivity index (χ1v) is 9.75. The topological polar surface area (TPSA) is 62.7 Å². The predicted octanol–water partition coefficient (Wildman–Crippen LogP) is 3.09. The number of carbonyl (C=O) groups excluding carboxylic acids is 2. The molecule has 8 heteroatoms.